The second-order valence-electron chi connectivity index (χ2n) is 4.58. The third kappa shape index (κ3) is 3.02. The first-order valence-corrected chi connectivity index (χ1v) is 7.11. The van der Waals surface area contributed by atoms with Gasteiger partial charge in [0.1, 0.15) is 11.3 Å². The molecule has 1 heterocycles. The first-order valence-electron chi connectivity index (χ1n) is 6.35. The van der Waals surface area contributed by atoms with Crippen LogP contribution in [0.3, 0.4) is 0 Å². The number of fused-ring (bicyclic) bond motifs is 1. The number of phenolic OH excluding ortho intramolecular Hbond substituents is 1. The topological polar surface area (TPSA) is 33.1 Å². The molecule has 1 N–H and O–H groups in total. The largest absolute Gasteiger partial charge is 0.506 e. The quantitative estimate of drug-likeness (QED) is 0.685. The van der Waals surface area contributed by atoms with Crippen molar-refractivity contribution in [2.45, 2.75) is 0 Å². The van der Waals surface area contributed by atoms with Crippen molar-refractivity contribution >= 4 is 46.3 Å². The van der Waals surface area contributed by atoms with Gasteiger partial charge in [0.2, 0.25) is 0 Å². The smallest absolute Gasteiger partial charge is 0.141 e. The highest BCUT2D eigenvalue weighted by molar-refractivity contribution is 6.35. The van der Waals surface area contributed by atoms with Gasteiger partial charge in [-0.3, -0.25) is 0 Å². The molecule has 0 fully saturated rings. The third-order valence-corrected chi connectivity index (χ3v) is 3.70. The van der Waals surface area contributed by atoms with Crippen LogP contribution in [0.4, 0.5) is 0 Å². The van der Waals surface area contributed by atoms with Crippen LogP contribution in [0, 0.1) is 0 Å². The number of halogens is 2. The van der Waals surface area contributed by atoms with E-state index in [-0.39, 0.29) is 5.75 Å². The Morgan fingerprint density at radius 3 is 2.38 bits per heavy atom. The minimum absolute atomic E-state index is 0.121. The Morgan fingerprint density at radius 2 is 1.62 bits per heavy atom. The monoisotopic (exact) mass is 315 g/mol. The zero-order valence-corrected chi connectivity index (χ0v) is 12.4. The van der Waals surface area contributed by atoms with E-state index in [4.69, 9.17) is 23.2 Å². The first kappa shape index (κ1) is 13.9. The van der Waals surface area contributed by atoms with E-state index in [0.29, 0.717) is 15.6 Å². The second-order valence-corrected chi connectivity index (χ2v) is 5.43. The molecule has 2 nitrogen and oxygen atoms in total. The average molecular weight is 316 g/mol. The van der Waals surface area contributed by atoms with Crippen molar-refractivity contribution in [2.75, 3.05) is 0 Å². The van der Waals surface area contributed by atoms with E-state index >= 15 is 0 Å². The van der Waals surface area contributed by atoms with Gasteiger partial charge in [0.15, 0.2) is 0 Å². The number of hydrogen-bond acceptors (Lipinski definition) is 2. The van der Waals surface area contributed by atoms with Gasteiger partial charge in [-0.15, -0.1) is 0 Å². The summed E-state index contributed by atoms with van der Waals surface area (Å²) in [6, 6.07) is 14.4. The van der Waals surface area contributed by atoms with Crippen LogP contribution in [0.1, 0.15) is 11.3 Å². The number of pyridine rings is 1. The van der Waals surface area contributed by atoms with Crippen LogP contribution in [-0.2, 0) is 0 Å². The summed E-state index contributed by atoms with van der Waals surface area (Å²) in [4.78, 5) is 4.42. The van der Waals surface area contributed by atoms with Crippen molar-refractivity contribution in [3.05, 3.63) is 69.8 Å². The number of phenols is 1. The maximum Gasteiger partial charge on any atom is 0.141 e. The molecule has 0 aliphatic carbocycles. The van der Waals surface area contributed by atoms with Gasteiger partial charge in [-0.05, 0) is 48.0 Å². The van der Waals surface area contributed by atoms with Crippen molar-refractivity contribution in [2.24, 2.45) is 0 Å². The molecule has 0 saturated carbocycles. The molecule has 1 aromatic heterocycles. The number of rotatable bonds is 2. The van der Waals surface area contributed by atoms with Crippen LogP contribution in [-0.4, -0.2) is 10.1 Å². The molecule has 3 rings (SSSR count). The van der Waals surface area contributed by atoms with Crippen LogP contribution >= 0.6 is 23.2 Å². The van der Waals surface area contributed by atoms with Crippen molar-refractivity contribution in [1.82, 2.24) is 4.98 Å². The highest BCUT2D eigenvalue weighted by Crippen LogP contribution is 2.29. The zero-order valence-electron chi connectivity index (χ0n) is 10.9. The minimum Gasteiger partial charge on any atom is -0.506 e. The molecule has 3 aromatic rings. The molecular formula is C17H11Cl2NO. The Hall–Kier alpha value is -2.03. The van der Waals surface area contributed by atoms with E-state index < -0.39 is 0 Å². The summed E-state index contributed by atoms with van der Waals surface area (Å²) in [6.07, 6.45) is 3.81. The normalized spacial score (nSPS) is 11.3. The van der Waals surface area contributed by atoms with Gasteiger partial charge in [-0.25, -0.2) is 4.98 Å². The van der Waals surface area contributed by atoms with E-state index in [2.05, 4.69) is 4.98 Å². The minimum atomic E-state index is 0.121. The van der Waals surface area contributed by atoms with Crippen molar-refractivity contribution in [3.8, 4) is 5.75 Å². The molecule has 0 saturated heterocycles. The lowest BCUT2D eigenvalue weighted by Crippen LogP contribution is -1.85. The second kappa shape index (κ2) is 5.76. The van der Waals surface area contributed by atoms with E-state index in [1.165, 1.54) is 0 Å². The highest BCUT2D eigenvalue weighted by atomic mass is 35.5. The molecule has 0 spiro atoms. The molecule has 2 aromatic carbocycles. The van der Waals surface area contributed by atoms with E-state index in [1.54, 1.807) is 12.1 Å². The van der Waals surface area contributed by atoms with Gasteiger partial charge < -0.3 is 5.11 Å². The summed E-state index contributed by atoms with van der Waals surface area (Å²) < 4.78 is 0. The van der Waals surface area contributed by atoms with Gasteiger partial charge >= 0.3 is 0 Å². The summed E-state index contributed by atoms with van der Waals surface area (Å²) in [5.74, 6) is 0.121. The van der Waals surface area contributed by atoms with Crippen LogP contribution in [0.25, 0.3) is 23.1 Å². The molecule has 0 aliphatic heterocycles. The summed E-state index contributed by atoms with van der Waals surface area (Å²) in [5.41, 5.74) is 2.27. The number of aromatic hydroxyl groups is 1. The van der Waals surface area contributed by atoms with Crippen LogP contribution in [0.2, 0.25) is 10.0 Å². The number of nitrogens with zero attached hydrogens (tertiary/aromatic N) is 1. The Labute approximate surface area is 132 Å². The van der Waals surface area contributed by atoms with Crippen molar-refractivity contribution in [1.29, 1.82) is 0 Å². The molecule has 0 amide bonds. The van der Waals surface area contributed by atoms with E-state index in [0.717, 1.165) is 16.6 Å². The summed E-state index contributed by atoms with van der Waals surface area (Å²) in [7, 11) is 0. The van der Waals surface area contributed by atoms with E-state index in [9.17, 15) is 5.11 Å². The molecule has 0 radical (unpaired) electrons. The van der Waals surface area contributed by atoms with Crippen LogP contribution in [0.5, 0.6) is 5.75 Å². The number of aromatic nitrogens is 1. The molecule has 21 heavy (non-hydrogen) atoms. The first-order chi connectivity index (χ1) is 10.1. The fourth-order valence-electron chi connectivity index (χ4n) is 2.03. The average Bonchev–Trinajstić information content (AvgIpc) is 2.50. The predicted octanol–water partition coefficient (Wildman–Crippen LogP) is 5.42. The predicted molar refractivity (Wildman–Crippen MR) is 88.8 cm³/mol. The standard InChI is InChI=1S/C17H11Cl2NO/c18-12-4-1-11(2-5-12)3-6-13-7-8-14-15(19)9-10-16(21)17(14)20-13/h1-10,21H/b6-3+. The lowest BCUT2D eigenvalue weighted by molar-refractivity contribution is 0.480. The van der Waals surface area contributed by atoms with Gasteiger partial charge in [0.05, 0.1) is 10.7 Å². The Balaban J connectivity index is 1.98. The van der Waals surface area contributed by atoms with Gasteiger partial charge in [0, 0.05) is 10.4 Å². The SMILES string of the molecule is Oc1ccc(Cl)c2ccc(/C=C/c3ccc(Cl)cc3)nc12. The molecule has 104 valence electrons. The van der Waals surface area contributed by atoms with Crippen LogP contribution < -0.4 is 0 Å². The fraction of sp³-hybridized carbons (Fsp3) is 0. The third-order valence-electron chi connectivity index (χ3n) is 3.12. The highest BCUT2D eigenvalue weighted by Gasteiger charge is 2.05. The van der Waals surface area contributed by atoms with E-state index in [1.807, 2.05) is 48.6 Å². The maximum absolute atomic E-state index is 9.88. The van der Waals surface area contributed by atoms with Crippen LogP contribution in [0.15, 0.2) is 48.5 Å². The molecule has 0 bridgehead atoms. The van der Waals surface area contributed by atoms with Crippen molar-refractivity contribution in [3.63, 3.8) is 0 Å². The zero-order chi connectivity index (χ0) is 14.8. The Bertz CT molecular complexity index is 826. The molecule has 0 aliphatic rings. The lowest BCUT2D eigenvalue weighted by Gasteiger charge is -2.03. The molecule has 0 unspecified atom stereocenters. The molecule has 4 heteroatoms. The van der Waals surface area contributed by atoms with Gasteiger partial charge in [-0.2, -0.15) is 0 Å². The molecular weight excluding hydrogens is 305 g/mol. The fourth-order valence-corrected chi connectivity index (χ4v) is 2.37. The van der Waals surface area contributed by atoms with Gasteiger partial charge in [0.25, 0.3) is 0 Å². The summed E-state index contributed by atoms with van der Waals surface area (Å²) in [6.45, 7) is 0. The summed E-state index contributed by atoms with van der Waals surface area (Å²) >= 11 is 11.9. The summed E-state index contributed by atoms with van der Waals surface area (Å²) in [5, 5.41) is 11.9. The number of hydrogen-bond donors (Lipinski definition) is 1. The van der Waals surface area contributed by atoms with Crippen molar-refractivity contribution < 1.29 is 5.11 Å². The van der Waals surface area contributed by atoms with Gasteiger partial charge in [-0.1, -0.05) is 41.4 Å². The number of benzene rings is 2. The maximum atomic E-state index is 9.88. The lowest BCUT2D eigenvalue weighted by atomic mass is 10.1. The Morgan fingerprint density at radius 1 is 0.857 bits per heavy atom. The molecule has 0 atom stereocenters. The Kier molecular flexibility index (Phi) is 3.82.